The summed E-state index contributed by atoms with van der Waals surface area (Å²) in [4.78, 5) is 12.4. The standard InChI is InChI=1S/C20H17NO3S/c1-13-11-18-17(20(13)22)7-4-8-19(18)21-25(23,24)16-10-9-14-5-2-3-6-15(14)12-16/h2-10,12-13,21H,11H2,1H3. The smallest absolute Gasteiger partial charge is 0.261 e. The molecule has 0 radical (unpaired) electrons. The second-order valence-corrected chi connectivity index (χ2v) is 8.10. The number of carbonyl (C=O) groups is 1. The summed E-state index contributed by atoms with van der Waals surface area (Å²) >= 11 is 0. The van der Waals surface area contributed by atoms with Crippen molar-refractivity contribution in [1.29, 1.82) is 0 Å². The number of benzene rings is 3. The molecule has 0 saturated carbocycles. The van der Waals surface area contributed by atoms with E-state index < -0.39 is 10.0 Å². The number of sulfonamides is 1. The van der Waals surface area contributed by atoms with Crippen LogP contribution in [0.15, 0.2) is 65.6 Å². The molecule has 1 aliphatic rings. The third-order valence-corrected chi connectivity index (χ3v) is 6.04. The average Bonchev–Trinajstić information content (AvgIpc) is 2.90. The molecule has 1 aliphatic carbocycles. The maximum absolute atomic E-state index is 12.8. The highest BCUT2D eigenvalue weighted by molar-refractivity contribution is 7.92. The quantitative estimate of drug-likeness (QED) is 0.775. The van der Waals surface area contributed by atoms with Crippen LogP contribution in [0.3, 0.4) is 0 Å². The Morgan fingerprint density at radius 1 is 0.960 bits per heavy atom. The van der Waals surface area contributed by atoms with Gasteiger partial charge in [0.15, 0.2) is 5.78 Å². The monoisotopic (exact) mass is 351 g/mol. The third-order valence-electron chi connectivity index (χ3n) is 4.67. The van der Waals surface area contributed by atoms with E-state index in [0.717, 1.165) is 16.3 Å². The Kier molecular flexibility index (Phi) is 3.62. The summed E-state index contributed by atoms with van der Waals surface area (Å²) in [5.41, 5.74) is 1.89. The van der Waals surface area contributed by atoms with Crippen LogP contribution in [0.5, 0.6) is 0 Å². The van der Waals surface area contributed by atoms with Crippen LogP contribution in [-0.4, -0.2) is 14.2 Å². The molecule has 0 fully saturated rings. The van der Waals surface area contributed by atoms with Crippen LogP contribution in [0, 0.1) is 5.92 Å². The first-order chi connectivity index (χ1) is 12.0. The first kappa shape index (κ1) is 15.8. The van der Waals surface area contributed by atoms with Crippen LogP contribution < -0.4 is 4.72 Å². The van der Waals surface area contributed by atoms with Gasteiger partial charge >= 0.3 is 0 Å². The molecule has 0 amide bonds. The zero-order valence-electron chi connectivity index (χ0n) is 13.7. The first-order valence-corrected chi connectivity index (χ1v) is 9.62. The van der Waals surface area contributed by atoms with Crippen LogP contribution in [0.25, 0.3) is 10.8 Å². The van der Waals surface area contributed by atoms with Crippen molar-refractivity contribution >= 4 is 32.3 Å². The van der Waals surface area contributed by atoms with Gasteiger partial charge in [0.2, 0.25) is 0 Å². The second kappa shape index (κ2) is 5.70. The fourth-order valence-electron chi connectivity index (χ4n) is 3.34. The number of carbonyl (C=O) groups excluding carboxylic acids is 1. The molecule has 0 aromatic heterocycles. The van der Waals surface area contributed by atoms with Crippen molar-refractivity contribution in [1.82, 2.24) is 0 Å². The van der Waals surface area contributed by atoms with Crippen molar-refractivity contribution in [2.75, 3.05) is 4.72 Å². The van der Waals surface area contributed by atoms with E-state index in [2.05, 4.69) is 4.72 Å². The molecule has 1 N–H and O–H groups in total. The molecule has 1 atom stereocenters. The number of nitrogens with one attached hydrogen (secondary N) is 1. The summed E-state index contributed by atoms with van der Waals surface area (Å²) in [7, 11) is -3.72. The lowest BCUT2D eigenvalue weighted by Crippen LogP contribution is -2.14. The Morgan fingerprint density at radius 2 is 1.72 bits per heavy atom. The van der Waals surface area contributed by atoms with Gasteiger partial charge in [-0.1, -0.05) is 49.4 Å². The number of Topliss-reactive ketones (excluding diaryl/α,β-unsaturated/α-hetero) is 1. The number of anilines is 1. The highest BCUT2D eigenvalue weighted by atomic mass is 32.2. The van der Waals surface area contributed by atoms with Crippen molar-refractivity contribution < 1.29 is 13.2 Å². The molecule has 0 aliphatic heterocycles. The van der Waals surface area contributed by atoms with E-state index >= 15 is 0 Å². The Bertz CT molecular complexity index is 1100. The van der Waals surface area contributed by atoms with Gasteiger partial charge in [0.1, 0.15) is 0 Å². The van der Waals surface area contributed by atoms with Crippen LogP contribution in [0.4, 0.5) is 5.69 Å². The summed E-state index contributed by atoms with van der Waals surface area (Å²) in [6.45, 7) is 1.87. The molecule has 5 heteroatoms. The van der Waals surface area contributed by atoms with Crippen LogP contribution in [0.1, 0.15) is 22.8 Å². The fourth-order valence-corrected chi connectivity index (χ4v) is 4.46. The summed E-state index contributed by atoms with van der Waals surface area (Å²) in [5, 5.41) is 1.86. The number of fused-ring (bicyclic) bond motifs is 2. The SMILES string of the molecule is CC1Cc2c(NS(=O)(=O)c3ccc4ccccc4c3)cccc2C1=O. The molecule has 0 saturated heterocycles. The van der Waals surface area contributed by atoms with E-state index in [4.69, 9.17) is 0 Å². The molecule has 1 unspecified atom stereocenters. The van der Waals surface area contributed by atoms with E-state index in [1.54, 1.807) is 36.4 Å². The van der Waals surface area contributed by atoms with Gasteiger partial charge in [0.25, 0.3) is 10.0 Å². The van der Waals surface area contributed by atoms with Crippen molar-refractivity contribution in [3.8, 4) is 0 Å². The van der Waals surface area contributed by atoms with Gasteiger partial charge in [-0.25, -0.2) is 8.42 Å². The summed E-state index contributed by atoms with van der Waals surface area (Å²) in [5.74, 6) is -0.0388. The Morgan fingerprint density at radius 3 is 2.52 bits per heavy atom. The van der Waals surface area contributed by atoms with E-state index in [1.165, 1.54) is 0 Å². The largest absolute Gasteiger partial charge is 0.294 e. The molecule has 126 valence electrons. The molecule has 4 rings (SSSR count). The van der Waals surface area contributed by atoms with E-state index in [-0.39, 0.29) is 16.6 Å². The molecule has 4 nitrogen and oxygen atoms in total. The van der Waals surface area contributed by atoms with Crippen molar-refractivity contribution in [3.05, 3.63) is 71.8 Å². The van der Waals surface area contributed by atoms with Gasteiger partial charge < -0.3 is 0 Å². The molecule has 3 aromatic carbocycles. The minimum Gasteiger partial charge on any atom is -0.294 e. The lowest BCUT2D eigenvalue weighted by atomic mass is 10.1. The minimum absolute atomic E-state index is 0.0711. The van der Waals surface area contributed by atoms with Gasteiger partial charge in [0.05, 0.1) is 10.6 Å². The fraction of sp³-hybridized carbons (Fsp3) is 0.150. The summed E-state index contributed by atoms with van der Waals surface area (Å²) < 4.78 is 28.3. The zero-order valence-corrected chi connectivity index (χ0v) is 14.5. The van der Waals surface area contributed by atoms with Crippen LogP contribution >= 0.6 is 0 Å². The molecular weight excluding hydrogens is 334 g/mol. The average molecular weight is 351 g/mol. The number of hydrogen-bond donors (Lipinski definition) is 1. The van der Waals surface area contributed by atoms with E-state index in [9.17, 15) is 13.2 Å². The van der Waals surface area contributed by atoms with Crippen LogP contribution in [0.2, 0.25) is 0 Å². The van der Waals surface area contributed by atoms with Crippen molar-refractivity contribution in [2.45, 2.75) is 18.2 Å². The van der Waals surface area contributed by atoms with Gasteiger partial charge in [0, 0.05) is 11.5 Å². The maximum atomic E-state index is 12.8. The summed E-state index contributed by atoms with van der Waals surface area (Å²) in [6.07, 6.45) is 0.560. The molecular formula is C20H17NO3S. The van der Waals surface area contributed by atoms with Gasteiger partial charge in [-0.15, -0.1) is 0 Å². The maximum Gasteiger partial charge on any atom is 0.261 e. The Balaban J connectivity index is 1.74. The molecule has 3 aromatic rings. The molecule has 25 heavy (non-hydrogen) atoms. The number of hydrogen-bond acceptors (Lipinski definition) is 3. The molecule has 0 bridgehead atoms. The summed E-state index contributed by atoms with van der Waals surface area (Å²) in [6, 6.07) is 17.9. The van der Waals surface area contributed by atoms with E-state index in [1.807, 2.05) is 31.2 Å². The normalized spacial score (nSPS) is 16.8. The first-order valence-electron chi connectivity index (χ1n) is 8.13. The number of rotatable bonds is 3. The Hall–Kier alpha value is -2.66. The van der Waals surface area contributed by atoms with Gasteiger partial charge in [-0.05, 0) is 41.0 Å². The lowest BCUT2D eigenvalue weighted by Gasteiger charge is -2.12. The number of ketones is 1. The van der Waals surface area contributed by atoms with E-state index in [0.29, 0.717) is 17.7 Å². The molecule has 0 spiro atoms. The van der Waals surface area contributed by atoms with Gasteiger partial charge in [-0.2, -0.15) is 0 Å². The van der Waals surface area contributed by atoms with Gasteiger partial charge in [-0.3, -0.25) is 9.52 Å². The Labute approximate surface area is 146 Å². The van der Waals surface area contributed by atoms with Crippen LogP contribution in [-0.2, 0) is 16.4 Å². The lowest BCUT2D eigenvalue weighted by molar-refractivity contribution is 0.0946. The second-order valence-electron chi connectivity index (χ2n) is 6.42. The highest BCUT2D eigenvalue weighted by Crippen LogP contribution is 2.33. The predicted molar refractivity (Wildman–Crippen MR) is 98.4 cm³/mol. The molecule has 0 heterocycles. The van der Waals surface area contributed by atoms with Crippen molar-refractivity contribution in [2.24, 2.45) is 5.92 Å². The van der Waals surface area contributed by atoms with Crippen molar-refractivity contribution in [3.63, 3.8) is 0 Å². The zero-order chi connectivity index (χ0) is 17.6. The minimum atomic E-state index is -3.72. The topological polar surface area (TPSA) is 63.2 Å². The predicted octanol–water partition coefficient (Wildman–Crippen LogP) is 4.02. The third kappa shape index (κ3) is 2.70. The highest BCUT2D eigenvalue weighted by Gasteiger charge is 2.30.